The summed E-state index contributed by atoms with van der Waals surface area (Å²) in [5.41, 5.74) is 0.300. The number of aromatic nitrogens is 1. The zero-order chi connectivity index (χ0) is 20.6. The van der Waals surface area contributed by atoms with Crippen LogP contribution in [0.3, 0.4) is 0 Å². The van der Waals surface area contributed by atoms with Crippen LogP contribution in [0.5, 0.6) is 0 Å². The molecular weight excluding hydrogens is 412 g/mol. The molecule has 29 heavy (non-hydrogen) atoms. The number of hydrogen-bond acceptors (Lipinski definition) is 4. The zero-order valence-electron chi connectivity index (χ0n) is 15.5. The number of fused-ring (bicyclic) bond motifs is 1. The van der Waals surface area contributed by atoms with Crippen molar-refractivity contribution in [2.24, 2.45) is 0 Å². The molecule has 0 spiro atoms. The van der Waals surface area contributed by atoms with E-state index in [2.05, 4.69) is 4.98 Å². The molecule has 6 nitrogen and oxygen atoms in total. The van der Waals surface area contributed by atoms with Crippen LogP contribution in [0.15, 0.2) is 64.3 Å². The minimum absolute atomic E-state index is 0.0720. The second-order valence-corrected chi connectivity index (χ2v) is 9.75. The molecule has 1 aliphatic rings. The molecule has 3 aromatic rings. The Labute approximate surface area is 173 Å². The molecule has 0 aliphatic carbocycles. The minimum Gasteiger partial charge on any atom is -0.338 e. The van der Waals surface area contributed by atoms with E-state index in [1.54, 1.807) is 29.2 Å². The molecule has 1 aromatic heterocycles. The fourth-order valence-electron chi connectivity index (χ4n) is 3.66. The van der Waals surface area contributed by atoms with E-state index in [4.69, 9.17) is 11.6 Å². The molecule has 2 aromatic carbocycles. The summed E-state index contributed by atoms with van der Waals surface area (Å²) in [5.74, 6) is -0.376. The number of likely N-dealkylation sites (tertiary alicyclic amines) is 1. The van der Waals surface area contributed by atoms with E-state index < -0.39 is 20.6 Å². The first kappa shape index (κ1) is 19.7. The van der Waals surface area contributed by atoms with Gasteiger partial charge >= 0.3 is 0 Å². The molecule has 8 heteroatoms. The van der Waals surface area contributed by atoms with Gasteiger partial charge in [-0.15, -0.1) is 0 Å². The summed E-state index contributed by atoms with van der Waals surface area (Å²) < 4.78 is 25.7. The number of H-pyrrole nitrogens is 1. The molecule has 4 rings (SSSR count). The van der Waals surface area contributed by atoms with Crippen molar-refractivity contribution >= 4 is 38.2 Å². The predicted octanol–water partition coefficient (Wildman–Crippen LogP) is 3.26. The van der Waals surface area contributed by atoms with Crippen molar-refractivity contribution < 1.29 is 13.2 Å². The van der Waals surface area contributed by atoms with Crippen molar-refractivity contribution in [3.63, 3.8) is 0 Å². The lowest BCUT2D eigenvalue weighted by atomic mass is 10.1. The average molecular weight is 431 g/mol. The molecule has 0 atom stereocenters. The summed E-state index contributed by atoms with van der Waals surface area (Å²) >= 11 is 5.84. The molecule has 2 heterocycles. The lowest BCUT2D eigenvalue weighted by Gasteiger charge is -2.31. The summed E-state index contributed by atoms with van der Waals surface area (Å²) in [6, 6.07) is 15.0. The standard InChI is InChI=1S/C21H19ClN2O4S/c22-15-5-7-16(8-6-15)29(27,28)17-9-11-24(12-10-17)21(26)18-13-14-3-1-2-4-19(14)23-20(18)25/h1-8,13,17H,9-12H2,(H,23,25). The molecule has 0 saturated carbocycles. The Morgan fingerprint density at radius 3 is 2.38 bits per heavy atom. The highest BCUT2D eigenvalue weighted by Crippen LogP contribution is 2.26. The van der Waals surface area contributed by atoms with Gasteiger partial charge in [-0.2, -0.15) is 0 Å². The van der Waals surface area contributed by atoms with E-state index in [1.165, 1.54) is 12.1 Å². The zero-order valence-corrected chi connectivity index (χ0v) is 17.0. The first-order valence-corrected chi connectivity index (χ1v) is 11.2. The Bertz CT molecular complexity index is 1230. The number of carbonyl (C=O) groups excluding carboxylic acids is 1. The Morgan fingerprint density at radius 1 is 1.03 bits per heavy atom. The monoisotopic (exact) mass is 430 g/mol. The van der Waals surface area contributed by atoms with Crippen LogP contribution < -0.4 is 5.56 Å². The number of carbonyl (C=O) groups is 1. The van der Waals surface area contributed by atoms with Crippen molar-refractivity contribution in [3.05, 3.63) is 75.5 Å². The minimum atomic E-state index is -3.49. The summed E-state index contributed by atoms with van der Waals surface area (Å²) in [7, 11) is -3.49. The fraction of sp³-hybridized carbons (Fsp3) is 0.238. The largest absolute Gasteiger partial charge is 0.338 e. The smallest absolute Gasteiger partial charge is 0.261 e. The van der Waals surface area contributed by atoms with Crippen LogP contribution in [-0.4, -0.2) is 42.5 Å². The van der Waals surface area contributed by atoms with E-state index in [0.717, 1.165) is 5.39 Å². The third kappa shape index (κ3) is 3.80. The third-order valence-corrected chi connectivity index (χ3v) is 7.82. The first-order valence-electron chi connectivity index (χ1n) is 9.27. The average Bonchev–Trinajstić information content (AvgIpc) is 2.73. The van der Waals surface area contributed by atoms with Gasteiger partial charge in [-0.25, -0.2) is 8.42 Å². The van der Waals surface area contributed by atoms with Gasteiger partial charge in [-0.05, 0) is 54.6 Å². The number of hydrogen-bond donors (Lipinski definition) is 1. The first-order chi connectivity index (χ1) is 13.9. The maximum absolute atomic E-state index is 12.9. The summed E-state index contributed by atoms with van der Waals surface area (Å²) in [4.78, 5) is 29.7. The Balaban J connectivity index is 1.51. The number of halogens is 1. The lowest BCUT2D eigenvalue weighted by Crippen LogP contribution is -2.43. The molecule has 1 N–H and O–H groups in total. The van der Waals surface area contributed by atoms with Gasteiger partial charge < -0.3 is 9.88 Å². The van der Waals surface area contributed by atoms with Crippen molar-refractivity contribution in [3.8, 4) is 0 Å². The maximum atomic E-state index is 12.9. The van der Waals surface area contributed by atoms with Gasteiger partial charge in [-0.3, -0.25) is 9.59 Å². The highest BCUT2D eigenvalue weighted by molar-refractivity contribution is 7.92. The second-order valence-electron chi connectivity index (χ2n) is 7.09. The Morgan fingerprint density at radius 2 is 1.69 bits per heavy atom. The number of rotatable bonds is 3. The summed E-state index contributed by atoms with van der Waals surface area (Å²) in [5, 5.41) is 0.684. The summed E-state index contributed by atoms with van der Waals surface area (Å²) in [6.45, 7) is 0.561. The lowest BCUT2D eigenvalue weighted by molar-refractivity contribution is 0.0724. The number of para-hydroxylation sites is 1. The van der Waals surface area contributed by atoms with Crippen LogP contribution >= 0.6 is 11.6 Å². The van der Waals surface area contributed by atoms with E-state index in [-0.39, 0.29) is 29.5 Å². The molecule has 0 unspecified atom stereocenters. The topological polar surface area (TPSA) is 87.3 Å². The van der Waals surface area contributed by atoms with Gasteiger partial charge in [0, 0.05) is 23.6 Å². The number of pyridine rings is 1. The van der Waals surface area contributed by atoms with Crippen molar-refractivity contribution in [1.82, 2.24) is 9.88 Å². The highest BCUT2D eigenvalue weighted by atomic mass is 35.5. The van der Waals surface area contributed by atoms with Crippen LogP contribution in [-0.2, 0) is 9.84 Å². The van der Waals surface area contributed by atoms with Gasteiger partial charge in [0.1, 0.15) is 5.56 Å². The van der Waals surface area contributed by atoms with Gasteiger partial charge in [0.15, 0.2) is 9.84 Å². The van der Waals surface area contributed by atoms with Crippen LogP contribution in [0.4, 0.5) is 0 Å². The molecule has 1 aliphatic heterocycles. The van der Waals surface area contributed by atoms with Crippen LogP contribution in [0.1, 0.15) is 23.2 Å². The number of aromatic amines is 1. The van der Waals surface area contributed by atoms with E-state index in [9.17, 15) is 18.0 Å². The van der Waals surface area contributed by atoms with E-state index in [1.807, 2.05) is 18.2 Å². The molecule has 1 saturated heterocycles. The number of benzene rings is 2. The quantitative estimate of drug-likeness (QED) is 0.690. The Kier molecular flexibility index (Phi) is 5.19. The highest BCUT2D eigenvalue weighted by Gasteiger charge is 2.33. The van der Waals surface area contributed by atoms with Gasteiger partial charge in [-0.1, -0.05) is 29.8 Å². The van der Waals surface area contributed by atoms with Crippen LogP contribution in [0, 0.1) is 0 Å². The number of sulfone groups is 1. The number of amides is 1. The van der Waals surface area contributed by atoms with Crippen molar-refractivity contribution in [2.75, 3.05) is 13.1 Å². The molecule has 150 valence electrons. The van der Waals surface area contributed by atoms with Crippen LogP contribution in [0.2, 0.25) is 5.02 Å². The van der Waals surface area contributed by atoms with Gasteiger partial charge in [0.05, 0.1) is 10.1 Å². The Hall–Kier alpha value is -2.64. The van der Waals surface area contributed by atoms with E-state index in [0.29, 0.717) is 23.4 Å². The van der Waals surface area contributed by atoms with Crippen molar-refractivity contribution in [1.29, 1.82) is 0 Å². The third-order valence-electron chi connectivity index (χ3n) is 5.29. The van der Waals surface area contributed by atoms with Gasteiger partial charge in [0.2, 0.25) is 0 Å². The second kappa shape index (κ2) is 7.65. The molecule has 0 radical (unpaired) electrons. The summed E-state index contributed by atoms with van der Waals surface area (Å²) in [6.07, 6.45) is 0.643. The van der Waals surface area contributed by atoms with Crippen molar-refractivity contribution in [2.45, 2.75) is 23.0 Å². The maximum Gasteiger partial charge on any atom is 0.261 e. The molecule has 1 fully saturated rings. The number of piperidine rings is 1. The fourth-order valence-corrected chi connectivity index (χ4v) is 5.52. The SMILES string of the molecule is O=C(c1cc2ccccc2[nH]c1=O)N1CCC(S(=O)(=O)c2ccc(Cl)cc2)CC1. The van der Waals surface area contributed by atoms with E-state index >= 15 is 0 Å². The van der Waals surface area contributed by atoms with Crippen LogP contribution in [0.25, 0.3) is 10.9 Å². The predicted molar refractivity (Wildman–Crippen MR) is 112 cm³/mol. The molecule has 0 bridgehead atoms. The van der Waals surface area contributed by atoms with Gasteiger partial charge in [0.25, 0.3) is 11.5 Å². The number of nitrogens with one attached hydrogen (secondary N) is 1. The molecule has 1 amide bonds. The molecular formula is C21H19ClN2O4S. The number of nitrogens with zero attached hydrogens (tertiary/aromatic N) is 1. The normalized spacial score (nSPS) is 15.6.